The number of rotatable bonds is 20. The molecular formula is C18H47O11PSi5. The van der Waals surface area contributed by atoms with Crippen molar-refractivity contribution in [1.82, 2.24) is 0 Å². The second-order valence-corrected chi connectivity index (χ2v) is 31.4. The van der Waals surface area contributed by atoms with E-state index in [4.69, 9.17) is 37.7 Å². The average Bonchev–Trinajstić information content (AvgIpc) is 2.61. The van der Waals surface area contributed by atoms with Crippen molar-refractivity contribution in [2.24, 2.45) is 0 Å². The summed E-state index contributed by atoms with van der Waals surface area (Å²) < 4.78 is 46.7. The van der Waals surface area contributed by atoms with Crippen LogP contribution in [0.25, 0.3) is 0 Å². The number of hydrogen-bond donors (Lipinski definition) is 2. The lowest BCUT2D eigenvalue weighted by Crippen LogP contribution is -2.63. The number of hydrogen-bond acceptors (Lipinski definition) is 11. The molecule has 17 heteroatoms. The minimum absolute atomic E-state index is 0.0435. The van der Waals surface area contributed by atoms with Gasteiger partial charge in [-0.05, 0) is 72.4 Å². The van der Waals surface area contributed by atoms with E-state index >= 15 is 0 Å². The number of aliphatic hydroxyl groups is 1. The van der Waals surface area contributed by atoms with E-state index in [1.807, 2.05) is 26.2 Å². The zero-order valence-electron chi connectivity index (χ0n) is 23.2. The van der Waals surface area contributed by atoms with Gasteiger partial charge in [-0.1, -0.05) is 0 Å². The Kier molecular flexibility index (Phi) is 16.1. The maximum atomic E-state index is 10.1. The molecule has 0 rings (SSSR count). The Bertz CT molecular complexity index is 596. The molecule has 0 aliphatic carbocycles. The Labute approximate surface area is 218 Å². The van der Waals surface area contributed by atoms with Crippen LogP contribution in [0.4, 0.5) is 0 Å². The lowest BCUT2D eigenvalue weighted by molar-refractivity contribution is -0.233. The fraction of sp³-hybridized carbons (Fsp3) is 0.944. The van der Waals surface area contributed by atoms with E-state index in [9.17, 15) is 10.00 Å². The van der Waals surface area contributed by atoms with Gasteiger partial charge in [-0.3, -0.25) is 0 Å². The highest BCUT2D eigenvalue weighted by Crippen LogP contribution is 2.31. The Balaban J connectivity index is 5.42. The van der Waals surface area contributed by atoms with E-state index in [1.54, 1.807) is 0 Å². The first-order chi connectivity index (χ1) is 15.7. The van der Waals surface area contributed by atoms with Gasteiger partial charge in [0.1, 0.15) is 12.7 Å². The molecule has 0 heterocycles. The van der Waals surface area contributed by atoms with E-state index in [0.717, 1.165) is 0 Å². The Morgan fingerprint density at radius 3 is 1.74 bits per heavy atom. The van der Waals surface area contributed by atoms with Crippen LogP contribution in [0.2, 0.25) is 65.5 Å². The molecule has 0 spiro atoms. The summed E-state index contributed by atoms with van der Waals surface area (Å²) in [6, 6.07) is 0. The molecule has 35 heavy (non-hydrogen) atoms. The van der Waals surface area contributed by atoms with Gasteiger partial charge in [0.2, 0.25) is 0 Å². The fourth-order valence-corrected chi connectivity index (χ4v) is 26.0. The molecule has 0 aromatic heterocycles. The third-order valence-electron chi connectivity index (χ3n) is 3.66. The molecule has 0 aliphatic heterocycles. The number of aliphatic hydroxyl groups excluding tert-OH is 1. The quantitative estimate of drug-likeness (QED) is 0.0910. The lowest BCUT2D eigenvalue weighted by Gasteiger charge is -2.43. The minimum atomic E-state index is -2.97. The van der Waals surface area contributed by atoms with Crippen molar-refractivity contribution >= 4 is 50.9 Å². The summed E-state index contributed by atoms with van der Waals surface area (Å²) in [5.41, 5.74) is 0. The molecular weight excluding hydrogens is 564 g/mol. The maximum Gasteiger partial charge on any atom is 0.359 e. The van der Waals surface area contributed by atoms with E-state index in [-0.39, 0.29) is 32.3 Å². The fourth-order valence-electron chi connectivity index (χ4n) is 3.40. The molecule has 0 aromatic rings. The molecule has 0 aliphatic rings. The summed E-state index contributed by atoms with van der Waals surface area (Å²) in [7, 11) is -13.2. The molecule has 4 atom stereocenters. The van der Waals surface area contributed by atoms with Crippen molar-refractivity contribution in [2.45, 2.75) is 71.6 Å². The summed E-state index contributed by atoms with van der Waals surface area (Å²) in [5.74, 6) is 0. The van der Waals surface area contributed by atoms with E-state index in [1.165, 1.54) is 7.11 Å². The minimum Gasteiger partial charge on any atom is -0.437 e. The normalized spacial score (nSPS) is 18.7. The van der Waals surface area contributed by atoms with E-state index in [0.29, 0.717) is 0 Å². The molecule has 2 radical (unpaired) electrons. The van der Waals surface area contributed by atoms with Crippen LogP contribution in [0.3, 0.4) is 0 Å². The van der Waals surface area contributed by atoms with Crippen molar-refractivity contribution in [1.29, 1.82) is 0 Å². The lowest BCUT2D eigenvalue weighted by atomic mass is 10.4. The largest absolute Gasteiger partial charge is 0.437 e. The third-order valence-corrected chi connectivity index (χ3v) is 21.4. The molecule has 0 fully saturated rings. The van der Waals surface area contributed by atoms with Crippen LogP contribution in [0, 0.1) is 6.92 Å². The SMILES string of the molecule is [CH]COC[Si](C)(O[Si](C)(C)O[Si](C)(C)C)O[Si](C)(COCC(O)COOP(O)OC)O[Si](C)(C)C. The average molecular weight is 611 g/mol. The van der Waals surface area contributed by atoms with E-state index in [2.05, 4.69) is 48.5 Å². The van der Waals surface area contributed by atoms with Crippen molar-refractivity contribution < 1.29 is 50.0 Å². The summed E-state index contributed by atoms with van der Waals surface area (Å²) >= 11 is 0. The molecule has 0 amide bonds. The van der Waals surface area contributed by atoms with Crippen LogP contribution in [0.15, 0.2) is 0 Å². The molecule has 0 saturated heterocycles. The van der Waals surface area contributed by atoms with Gasteiger partial charge in [0, 0.05) is 13.7 Å². The van der Waals surface area contributed by atoms with Crippen LogP contribution in [-0.2, 0) is 40.0 Å². The van der Waals surface area contributed by atoms with Crippen LogP contribution in [0.1, 0.15) is 0 Å². The van der Waals surface area contributed by atoms with Gasteiger partial charge in [-0.25, -0.2) is 4.89 Å². The standard InChI is InChI=1S/C18H47O11PSi5/c1-13-22-16-35(12,28-33(9,10)26-31(3,4)5)29-34(11,27-32(6,7)8)17-23-14-18(19)15-24-25-30(20)21-2/h1,18-20H,13-17H2,2-12H3. The Morgan fingerprint density at radius 2 is 1.26 bits per heavy atom. The molecule has 4 unspecified atom stereocenters. The van der Waals surface area contributed by atoms with Crippen LogP contribution in [-0.4, -0.2) is 97.8 Å². The Hall–Kier alpha value is 1.07. The topological polar surface area (TPSA) is 124 Å². The molecule has 2 N–H and O–H groups in total. The zero-order chi connectivity index (χ0) is 27.6. The van der Waals surface area contributed by atoms with Gasteiger partial charge >= 0.3 is 34.3 Å². The third kappa shape index (κ3) is 18.9. The monoisotopic (exact) mass is 610 g/mol. The predicted octanol–water partition coefficient (Wildman–Crippen LogP) is 3.57. The van der Waals surface area contributed by atoms with Crippen LogP contribution >= 0.6 is 8.60 Å². The second-order valence-electron chi connectivity index (χ2n) is 10.8. The predicted molar refractivity (Wildman–Crippen MR) is 147 cm³/mol. The van der Waals surface area contributed by atoms with Gasteiger partial charge < -0.3 is 40.5 Å². The highest BCUT2D eigenvalue weighted by molar-refractivity contribution is 7.40. The highest BCUT2D eigenvalue weighted by Gasteiger charge is 2.49. The first-order valence-electron chi connectivity index (χ1n) is 11.4. The number of ether oxygens (including phenoxy) is 2. The van der Waals surface area contributed by atoms with Crippen molar-refractivity contribution in [2.75, 3.05) is 39.4 Å². The first-order valence-corrected chi connectivity index (χ1v) is 27.2. The summed E-state index contributed by atoms with van der Waals surface area (Å²) in [4.78, 5) is 14.0. The van der Waals surface area contributed by atoms with Crippen molar-refractivity contribution in [3.63, 3.8) is 0 Å². The van der Waals surface area contributed by atoms with Gasteiger partial charge in [-0.15, -0.1) is 0 Å². The molecule has 0 saturated carbocycles. The van der Waals surface area contributed by atoms with Crippen LogP contribution < -0.4 is 0 Å². The first kappa shape index (κ1) is 36.1. The van der Waals surface area contributed by atoms with Gasteiger partial charge in [0.05, 0.1) is 19.1 Å². The maximum absolute atomic E-state index is 10.1. The highest BCUT2D eigenvalue weighted by atomic mass is 31.2. The van der Waals surface area contributed by atoms with Crippen molar-refractivity contribution in [3.05, 3.63) is 6.92 Å². The smallest absolute Gasteiger partial charge is 0.359 e. The van der Waals surface area contributed by atoms with E-state index < -0.39 is 57.0 Å². The molecule has 0 aromatic carbocycles. The molecule has 0 bridgehead atoms. The Morgan fingerprint density at radius 1 is 0.743 bits per heavy atom. The summed E-state index contributed by atoms with van der Waals surface area (Å²) in [6.07, 6.45) is -0.604. The van der Waals surface area contributed by atoms with Crippen molar-refractivity contribution in [3.8, 4) is 0 Å². The van der Waals surface area contributed by atoms with Crippen LogP contribution in [0.5, 0.6) is 0 Å². The van der Waals surface area contributed by atoms with Gasteiger partial charge in [0.15, 0.2) is 16.6 Å². The molecule has 210 valence electrons. The van der Waals surface area contributed by atoms with Gasteiger partial charge in [-0.2, -0.15) is 4.67 Å². The summed E-state index contributed by atoms with van der Waals surface area (Å²) in [6.45, 7) is 25.9. The molecule has 11 nitrogen and oxygen atoms in total. The zero-order valence-corrected chi connectivity index (χ0v) is 29.1. The summed E-state index contributed by atoms with van der Waals surface area (Å²) in [5, 5.41) is 10.1. The van der Waals surface area contributed by atoms with Gasteiger partial charge in [0.25, 0.3) is 0 Å². The second kappa shape index (κ2) is 15.6.